The highest BCUT2D eigenvalue weighted by Crippen LogP contribution is 2.33. The van der Waals surface area contributed by atoms with Crippen molar-refractivity contribution in [1.82, 2.24) is 0 Å². The van der Waals surface area contributed by atoms with Crippen molar-refractivity contribution in [2.75, 3.05) is 5.32 Å². The summed E-state index contributed by atoms with van der Waals surface area (Å²) in [7, 11) is 0. The predicted octanol–water partition coefficient (Wildman–Crippen LogP) is 5.39. The molecule has 1 atom stereocenters. The van der Waals surface area contributed by atoms with Crippen LogP contribution in [0.3, 0.4) is 0 Å². The molecular formula is C14H13F4NS. The van der Waals surface area contributed by atoms with Gasteiger partial charge < -0.3 is 5.32 Å². The lowest BCUT2D eigenvalue weighted by atomic mass is 10.1. The van der Waals surface area contributed by atoms with E-state index in [9.17, 15) is 17.6 Å². The maximum atomic E-state index is 13.6. The molecule has 1 heterocycles. The highest BCUT2D eigenvalue weighted by molar-refractivity contribution is 7.10. The average molecular weight is 303 g/mol. The van der Waals surface area contributed by atoms with Crippen LogP contribution in [0.5, 0.6) is 0 Å². The molecule has 1 unspecified atom stereocenters. The normalized spacial score (nSPS) is 13.3. The minimum Gasteiger partial charge on any atom is -0.375 e. The van der Waals surface area contributed by atoms with Crippen molar-refractivity contribution in [3.05, 3.63) is 51.5 Å². The lowest BCUT2D eigenvalue weighted by Gasteiger charge is -2.17. The van der Waals surface area contributed by atoms with Crippen molar-refractivity contribution in [2.24, 2.45) is 0 Å². The molecule has 0 radical (unpaired) electrons. The number of rotatable bonds is 3. The van der Waals surface area contributed by atoms with Gasteiger partial charge in [0.25, 0.3) is 0 Å². The van der Waals surface area contributed by atoms with Gasteiger partial charge in [0.2, 0.25) is 0 Å². The number of anilines is 1. The summed E-state index contributed by atoms with van der Waals surface area (Å²) in [6.07, 6.45) is -4.48. The largest absolute Gasteiger partial charge is 0.416 e. The number of thiophene rings is 1. The zero-order valence-electron chi connectivity index (χ0n) is 10.9. The molecule has 1 nitrogen and oxygen atoms in total. The third-order valence-electron chi connectivity index (χ3n) is 2.96. The maximum absolute atomic E-state index is 13.6. The topological polar surface area (TPSA) is 12.0 Å². The molecule has 1 N–H and O–H groups in total. The first kappa shape index (κ1) is 14.8. The summed E-state index contributed by atoms with van der Waals surface area (Å²) in [5.74, 6) is -0.695. The first-order chi connectivity index (χ1) is 9.29. The number of nitrogens with one attached hydrogen (secondary N) is 1. The maximum Gasteiger partial charge on any atom is 0.416 e. The Labute approximate surface area is 118 Å². The summed E-state index contributed by atoms with van der Waals surface area (Å²) in [5, 5.41) is 4.70. The van der Waals surface area contributed by atoms with Gasteiger partial charge in [-0.25, -0.2) is 4.39 Å². The minimum atomic E-state index is -4.48. The molecule has 1 aromatic heterocycles. The Morgan fingerprint density at radius 3 is 2.45 bits per heavy atom. The van der Waals surface area contributed by atoms with Crippen LogP contribution in [0.25, 0.3) is 0 Å². The predicted molar refractivity (Wildman–Crippen MR) is 72.5 cm³/mol. The van der Waals surface area contributed by atoms with Gasteiger partial charge in [0.1, 0.15) is 5.82 Å². The monoisotopic (exact) mass is 303 g/mol. The zero-order chi connectivity index (χ0) is 14.9. The molecular weight excluding hydrogens is 290 g/mol. The fourth-order valence-corrected chi connectivity index (χ4v) is 2.87. The molecule has 0 amide bonds. The first-order valence-electron chi connectivity index (χ1n) is 5.96. The fraction of sp³-hybridized carbons (Fsp3) is 0.286. The van der Waals surface area contributed by atoms with E-state index in [1.807, 2.05) is 18.4 Å². The SMILES string of the molecule is Cc1ccsc1C(C)Nc1cc(C(F)(F)F)ccc1F. The molecule has 108 valence electrons. The average Bonchev–Trinajstić information content (AvgIpc) is 2.77. The second-order valence-corrected chi connectivity index (χ2v) is 5.47. The summed E-state index contributed by atoms with van der Waals surface area (Å²) in [4.78, 5) is 0.974. The number of halogens is 4. The molecule has 1 aromatic carbocycles. The summed E-state index contributed by atoms with van der Waals surface area (Å²) >= 11 is 1.49. The van der Waals surface area contributed by atoms with E-state index in [2.05, 4.69) is 5.32 Å². The molecule has 0 aliphatic rings. The van der Waals surface area contributed by atoms with E-state index >= 15 is 0 Å². The molecule has 20 heavy (non-hydrogen) atoms. The molecule has 0 aliphatic heterocycles. The van der Waals surface area contributed by atoms with Crippen LogP contribution in [0, 0.1) is 12.7 Å². The quantitative estimate of drug-likeness (QED) is 0.750. The van der Waals surface area contributed by atoms with E-state index in [0.717, 1.165) is 28.6 Å². The van der Waals surface area contributed by atoms with Crippen LogP contribution in [-0.4, -0.2) is 0 Å². The van der Waals surface area contributed by atoms with E-state index in [-0.39, 0.29) is 11.7 Å². The number of aryl methyl sites for hydroxylation is 1. The van der Waals surface area contributed by atoms with E-state index in [4.69, 9.17) is 0 Å². The van der Waals surface area contributed by atoms with E-state index < -0.39 is 17.6 Å². The van der Waals surface area contributed by atoms with Gasteiger partial charge in [-0.1, -0.05) is 0 Å². The van der Waals surface area contributed by atoms with Crippen LogP contribution in [0.4, 0.5) is 23.2 Å². The summed E-state index contributed by atoms with van der Waals surface area (Å²) in [6, 6.07) is 4.03. The van der Waals surface area contributed by atoms with Crippen LogP contribution in [0.15, 0.2) is 29.6 Å². The van der Waals surface area contributed by atoms with Crippen molar-refractivity contribution in [3.8, 4) is 0 Å². The Balaban J connectivity index is 2.27. The highest BCUT2D eigenvalue weighted by atomic mass is 32.1. The van der Waals surface area contributed by atoms with Crippen molar-refractivity contribution in [3.63, 3.8) is 0 Å². The summed E-state index contributed by atoms with van der Waals surface area (Å²) in [6.45, 7) is 3.70. The molecule has 0 aliphatic carbocycles. The van der Waals surface area contributed by atoms with Crippen molar-refractivity contribution < 1.29 is 17.6 Å². The first-order valence-corrected chi connectivity index (χ1v) is 6.84. The fourth-order valence-electron chi connectivity index (χ4n) is 1.94. The van der Waals surface area contributed by atoms with Crippen LogP contribution in [0.1, 0.15) is 29.0 Å². The number of hydrogen-bond acceptors (Lipinski definition) is 2. The second-order valence-electron chi connectivity index (χ2n) is 4.53. The smallest absolute Gasteiger partial charge is 0.375 e. The van der Waals surface area contributed by atoms with E-state index in [1.165, 1.54) is 11.3 Å². The van der Waals surface area contributed by atoms with Crippen LogP contribution in [0.2, 0.25) is 0 Å². The molecule has 2 rings (SSSR count). The number of benzene rings is 1. The van der Waals surface area contributed by atoms with Gasteiger partial charge in [-0.2, -0.15) is 13.2 Å². The second kappa shape index (κ2) is 5.44. The third kappa shape index (κ3) is 3.12. The lowest BCUT2D eigenvalue weighted by molar-refractivity contribution is -0.137. The van der Waals surface area contributed by atoms with E-state index in [0.29, 0.717) is 0 Å². The lowest BCUT2D eigenvalue weighted by Crippen LogP contribution is -2.10. The van der Waals surface area contributed by atoms with Gasteiger partial charge in [-0.05, 0) is 49.1 Å². The Bertz CT molecular complexity index is 603. The zero-order valence-corrected chi connectivity index (χ0v) is 11.7. The Morgan fingerprint density at radius 2 is 1.90 bits per heavy atom. The molecule has 0 fully saturated rings. The van der Waals surface area contributed by atoms with Crippen LogP contribution in [-0.2, 0) is 6.18 Å². The van der Waals surface area contributed by atoms with Crippen molar-refractivity contribution >= 4 is 17.0 Å². The third-order valence-corrected chi connectivity index (χ3v) is 4.16. The molecule has 0 saturated carbocycles. The molecule has 2 aromatic rings. The molecule has 6 heteroatoms. The van der Waals surface area contributed by atoms with Gasteiger partial charge in [-0.15, -0.1) is 11.3 Å². The van der Waals surface area contributed by atoms with E-state index in [1.54, 1.807) is 6.92 Å². The number of hydrogen-bond donors (Lipinski definition) is 1. The Kier molecular flexibility index (Phi) is 4.04. The minimum absolute atomic E-state index is 0.139. The summed E-state index contributed by atoms with van der Waals surface area (Å²) in [5.41, 5.74) is 0.0269. The Hall–Kier alpha value is -1.56. The van der Waals surface area contributed by atoms with Crippen LogP contribution < -0.4 is 5.32 Å². The van der Waals surface area contributed by atoms with Gasteiger partial charge in [0.05, 0.1) is 17.3 Å². The van der Waals surface area contributed by atoms with Gasteiger partial charge in [0.15, 0.2) is 0 Å². The molecule has 0 saturated heterocycles. The van der Waals surface area contributed by atoms with Gasteiger partial charge in [-0.3, -0.25) is 0 Å². The summed E-state index contributed by atoms with van der Waals surface area (Å²) < 4.78 is 51.5. The van der Waals surface area contributed by atoms with Crippen LogP contribution >= 0.6 is 11.3 Å². The van der Waals surface area contributed by atoms with Crippen molar-refractivity contribution in [1.29, 1.82) is 0 Å². The molecule has 0 spiro atoms. The van der Waals surface area contributed by atoms with Gasteiger partial charge >= 0.3 is 6.18 Å². The number of alkyl halides is 3. The highest BCUT2D eigenvalue weighted by Gasteiger charge is 2.31. The van der Waals surface area contributed by atoms with Gasteiger partial charge in [0, 0.05) is 4.88 Å². The standard InChI is InChI=1S/C14H13F4NS/c1-8-5-6-20-13(8)9(2)19-12-7-10(14(16,17)18)3-4-11(12)15/h3-7,9,19H,1-2H3. The Morgan fingerprint density at radius 1 is 1.20 bits per heavy atom. The molecule has 0 bridgehead atoms. The van der Waals surface area contributed by atoms with Crippen molar-refractivity contribution in [2.45, 2.75) is 26.1 Å².